The number of amides is 1. The van der Waals surface area contributed by atoms with Gasteiger partial charge in [-0.1, -0.05) is 48.5 Å². The molecule has 0 saturated heterocycles. The van der Waals surface area contributed by atoms with Gasteiger partial charge in [0, 0.05) is 41.8 Å². The Morgan fingerprint density at radius 1 is 1.00 bits per heavy atom. The number of primary amides is 1. The number of para-hydroxylation sites is 1. The van der Waals surface area contributed by atoms with Crippen molar-refractivity contribution in [3.63, 3.8) is 0 Å². The molecule has 5 N–H and O–H groups in total. The van der Waals surface area contributed by atoms with Crippen LogP contribution in [0.1, 0.15) is 47.6 Å². The zero-order valence-electron chi connectivity index (χ0n) is 20.8. The molecule has 188 valence electrons. The Bertz CT molecular complexity index is 1490. The minimum atomic E-state index is -1.20. The average Bonchev–Trinajstić information content (AvgIpc) is 3.49. The summed E-state index contributed by atoms with van der Waals surface area (Å²) in [6.07, 6.45) is 7.18. The Morgan fingerprint density at radius 3 is 2.49 bits per heavy atom. The topological polar surface area (TPSA) is 128 Å². The lowest BCUT2D eigenvalue weighted by Crippen LogP contribution is -2.50. The molecule has 3 heterocycles. The number of nitrogens with two attached hydrogens (primary N) is 2. The largest absolute Gasteiger partial charge is 0.368 e. The van der Waals surface area contributed by atoms with E-state index in [1.165, 1.54) is 0 Å². The molecular weight excluding hydrogens is 462 g/mol. The lowest BCUT2D eigenvalue weighted by atomic mass is 9.84. The fourth-order valence-corrected chi connectivity index (χ4v) is 4.84. The molecule has 2 unspecified atom stereocenters. The van der Waals surface area contributed by atoms with E-state index in [4.69, 9.17) is 16.6 Å². The first kappa shape index (κ1) is 24.4. The monoisotopic (exact) mass is 493 g/mol. The van der Waals surface area contributed by atoms with Gasteiger partial charge in [0.05, 0.1) is 12.1 Å². The molecule has 8 heteroatoms. The molecule has 0 aliphatic carbocycles. The first-order chi connectivity index (χ1) is 17.9. The normalized spacial score (nSPS) is 13.9. The van der Waals surface area contributed by atoms with E-state index in [9.17, 15) is 4.79 Å². The highest BCUT2D eigenvalue weighted by Gasteiger charge is 2.33. The predicted molar refractivity (Wildman–Crippen MR) is 144 cm³/mol. The quantitative estimate of drug-likeness (QED) is 0.273. The second-order valence-electron chi connectivity index (χ2n) is 9.82. The maximum absolute atomic E-state index is 12.3. The number of fused-ring (bicyclic) bond motifs is 1. The molecule has 5 rings (SSSR count). The van der Waals surface area contributed by atoms with Gasteiger partial charge in [0.15, 0.2) is 0 Å². The van der Waals surface area contributed by atoms with Crippen molar-refractivity contribution >= 4 is 16.8 Å². The summed E-state index contributed by atoms with van der Waals surface area (Å²) >= 11 is 0. The number of carbonyl (C=O) groups is 1. The van der Waals surface area contributed by atoms with Crippen LogP contribution >= 0.6 is 0 Å². The molecule has 8 nitrogen and oxygen atoms in total. The predicted octanol–water partition coefficient (Wildman–Crippen LogP) is 3.71. The van der Waals surface area contributed by atoms with Crippen molar-refractivity contribution in [1.82, 2.24) is 24.7 Å². The third kappa shape index (κ3) is 5.44. The highest BCUT2D eigenvalue weighted by molar-refractivity contribution is 5.84. The number of benzene rings is 2. The Morgan fingerprint density at radius 2 is 1.73 bits per heavy atom. The summed E-state index contributed by atoms with van der Waals surface area (Å²) in [5.41, 5.74) is 15.3. The van der Waals surface area contributed by atoms with Crippen molar-refractivity contribution in [3.8, 4) is 0 Å². The molecule has 0 bridgehead atoms. The molecule has 0 aliphatic heterocycles. The van der Waals surface area contributed by atoms with Crippen LogP contribution in [0, 0.1) is 0 Å². The minimum Gasteiger partial charge on any atom is -0.368 e. The number of nitrogens with zero attached hydrogens (tertiary/aromatic N) is 4. The van der Waals surface area contributed by atoms with Crippen molar-refractivity contribution < 1.29 is 4.79 Å². The fraction of sp³-hybridized carbons (Fsp3) is 0.241. The van der Waals surface area contributed by atoms with Crippen LogP contribution in [0.3, 0.4) is 0 Å². The second-order valence-corrected chi connectivity index (χ2v) is 9.82. The third-order valence-corrected chi connectivity index (χ3v) is 6.89. The van der Waals surface area contributed by atoms with Crippen LogP contribution in [0.25, 0.3) is 10.9 Å². The summed E-state index contributed by atoms with van der Waals surface area (Å²) in [6.45, 7) is 2.27. The summed E-state index contributed by atoms with van der Waals surface area (Å²) in [4.78, 5) is 19.8. The van der Waals surface area contributed by atoms with Crippen LogP contribution < -0.4 is 11.5 Å². The average molecular weight is 494 g/mol. The van der Waals surface area contributed by atoms with E-state index in [1.807, 2.05) is 54.7 Å². The first-order valence-electron chi connectivity index (χ1n) is 12.4. The standard InChI is InChI=1S/C29H31N7O/c1-29(31,28(30)37)17-22(16-23-18-33-25-10-6-5-9-24(23)25)27-35-34-26(15-20-7-3-2-4-8-20)36(27)19-21-11-13-32-14-12-21/h2-14,18,22,33H,15-17,19,31H2,1H3,(H2,30,37). The van der Waals surface area contributed by atoms with Gasteiger partial charge in [0.25, 0.3) is 0 Å². The number of hydrogen-bond acceptors (Lipinski definition) is 5. The number of carbonyl (C=O) groups excluding carboxylic acids is 1. The van der Waals surface area contributed by atoms with Gasteiger partial charge >= 0.3 is 0 Å². The number of hydrogen-bond donors (Lipinski definition) is 3. The Kier molecular flexibility index (Phi) is 6.83. The van der Waals surface area contributed by atoms with Gasteiger partial charge in [-0.2, -0.15) is 0 Å². The molecule has 2 aromatic carbocycles. The lowest BCUT2D eigenvalue weighted by molar-refractivity contribution is -0.122. The summed E-state index contributed by atoms with van der Waals surface area (Å²) in [5, 5.41) is 10.5. The van der Waals surface area contributed by atoms with Crippen LogP contribution in [0.5, 0.6) is 0 Å². The number of pyridine rings is 1. The van der Waals surface area contributed by atoms with Gasteiger partial charge in [0.1, 0.15) is 11.6 Å². The molecule has 1 amide bonds. The van der Waals surface area contributed by atoms with Crippen molar-refractivity contribution in [1.29, 1.82) is 0 Å². The van der Waals surface area contributed by atoms with Crippen LogP contribution in [0.4, 0.5) is 0 Å². The Hall–Kier alpha value is -4.30. The molecule has 37 heavy (non-hydrogen) atoms. The summed E-state index contributed by atoms with van der Waals surface area (Å²) in [5.74, 6) is 0.896. The maximum Gasteiger partial charge on any atom is 0.237 e. The van der Waals surface area contributed by atoms with Gasteiger partial charge in [-0.3, -0.25) is 9.78 Å². The molecule has 5 aromatic rings. The van der Waals surface area contributed by atoms with E-state index in [2.05, 4.69) is 37.8 Å². The van der Waals surface area contributed by atoms with Gasteiger partial charge < -0.3 is 21.0 Å². The van der Waals surface area contributed by atoms with Crippen LogP contribution in [-0.4, -0.2) is 36.2 Å². The van der Waals surface area contributed by atoms with E-state index in [-0.39, 0.29) is 5.92 Å². The van der Waals surface area contributed by atoms with Crippen molar-refractivity contribution in [2.75, 3.05) is 0 Å². The smallest absolute Gasteiger partial charge is 0.237 e. The van der Waals surface area contributed by atoms with Gasteiger partial charge in [0.2, 0.25) is 5.91 Å². The second kappa shape index (κ2) is 10.4. The van der Waals surface area contributed by atoms with E-state index in [1.54, 1.807) is 19.3 Å². The van der Waals surface area contributed by atoms with Gasteiger partial charge in [-0.15, -0.1) is 10.2 Å². The third-order valence-electron chi connectivity index (χ3n) is 6.89. The van der Waals surface area contributed by atoms with Crippen molar-refractivity contribution in [2.24, 2.45) is 11.5 Å². The molecule has 0 radical (unpaired) electrons. The van der Waals surface area contributed by atoms with E-state index in [0.717, 1.165) is 39.2 Å². The molecule has 0 spiro atoms. The summed E-state index contributed by atoms with van der Waals surface area (Å²) < 4.78 is 2.15. The number of aromatic nitrogens is 5. The number of nitrogens with one attached hydrogen (secondary N) is 1. The fourth-order valence-electron chi connectivity index (χ4n) is 4.84. The van der Waals surface area contributed by atoms with Crippen LogP contribution in [0.15, 0.2) is 85.3 Å². The van der Waals surface area contributed by atoms with Gasteiger partial charge in [-0.25, -0.2) is 0 Å². The zero-order valence-corrected chi connectivity index (χ0v) is 20.8. The summed E-state index contributed by atoms with van der Waals surface area (Å²) in [7, 11) is 0. The van der Waals surface area contributed by atoms with Crippen molar-refractivity contribution in [2.45, 2.75) is 44.2 Å². The minimum absolute atomic E-state index is 0.194. The number of rotatable bonds is 10. The highest BCUT2D eigenvalue weighted by Crippen LogP contribution is 2.32. The molecular formula is C29H31N7O. The van der Waals surface area contributed by atoms with E-state index < -0.39 is 11.4 Å². The summed E-state index contributed by atoms with van der Waals surface area (Å²) in [6, 6.07) is 22.4. The van der Waals surface area contributed by atoms with E-state index in [0.29, 0.717) is 25.8 Å². The molecule has 2 atom stereocenters. The van der Waals surface area contributed by atoms with Crippen LogP contribution in [0.2, 0.25) is 0 Å². The van der Waals surface area contributed by atoms with Crippen LogP contribution in [-0.2, 0) is 24.2 Å². The Labute approximate surface area is 215 Å². The highest BCUT2D eigenvalue weighted by atomic mass is 16.1. The Balaban J connectivity index is 1.58. The van der Waals surface area contributed by atoms with Gasteiger partial charge in [-0.05, 0) is 54.7 Å². The molecule has 0 fully saturated rings. The number of aromatic amines is 1. The molecule has 0 aliphatic rings. The number of H-pyrrole nitrogens is 1. The lowest BCUT2D eigenvalue weighted by Gasteiger charge is -2.27. The SMILES string of the molecule is CC(N)(CC(Cc1c[nH]c2ccccc12)c1nnc(Cc2ccccc2)n1Cc1ccncc1)C(N)=O. The van der Waals surface area contributed by atoms with E-state index >= 15 is 0 Å². The zero-order chi connectivity index (χ0) is 25.8. The maximum atomic E-state index is 12.3. The van der Waals surface area contributed by atoms with Crippen molar-refractivity contribution in [3.05, 3.63) is 114 Å². The molecule has 0 saturated carbocycles. The molecule has 3 aromatic heterocycles. The first-order valence-corrected chi connectivity index (χ1v) is 12.4.